The van der Waals surface area contributed by atoms with Crippen LogP contribution in [-0.2, 0) is 0 Å². The van der Waals surface area contributed by atoms with Crippen molar-refractivity contribution in [2.45, 2.75) is 6.92 Å². The molecular weight excluding hydrogens is 211 g/mol. The second-order valence-corrected chi connectivity index (χ2v) is 4.11. The number of thiazole rings is 1. The van der Waals surface area contributed by atoms with Crippen LogP contribution in [0.4, 0.5) is 9.52 Å². The molecule has 1 N–H and O–H groups in total. The van der Waals surface area contributed by atoms with E-state index in [1.54, 1.807) is 13.0 Å². The maximum absolute atomic E-state index is 13.1. The maximum atomic E-state index is 13.1. The number of rotatable bonds is 2. The fourth-order valence-electron chi connectivity index (χ4n) is 1.33. The molecule has 2 aromatic rings. The highest BCUT2D eigenvalue weighted by Crippen LogP contribution is 2.25. The summed E-state index contributed by atoms with van der Waals surface area (Å²) in [5.74, 6) is -0.178. The lowest BCUT2D eigenvalue weighted by atomic mass is 10.1. The van der Waals surface area contributed by atoms with Gasteiger partial charge in [0.1, 0.15) is 5.82 Å². The molecule has 15 heavy (non-hydrogen) atoms. The Morgan fingerprint density at radius 1 is 1.40 bits per heavy atom. The summed E-state index contributed by atoms with van der Waals surface area (Å²) in [7, 11) is 1.83. The van der Waals surface area contributed by atoms with Crippen LogP contribution in [0.25, 0.3) is 11.3 Å². The highest BCUT2D eigenvalue weighted by Gasteiger charge is 2.05. The van der Waals surface area contributed by atoms with Crippen molar-refractivity contribution in [3.05, 3.63) is 35.0 Å². The minimum absolute atomic E-state index is 0.178. The van der Waals surface area contributed by atoms with Gasteiger partial charge >= 0.3 is 0 Å². The number of halogens is 1. The Balaban J connectivity index is 2.40. The molecule has 0 fully saturated rings. The number of anilines is 1. The average Bonchev–Trinajstić information content (AvgIpc) is 2.70. The Bertz CT molecular complexity index is 479. The van der Waals surface area contributed by atoms with Crippen LogP contribution in [0.1, 0.15) is 5.56 Å². The molecule has 0 unspecified atom stereocenters. The summed E-state index contributed by atoms with van der Waals surface area (Å²) in [5.41, 5.74) is 2.48. The van der Waals surface area contributed by atoms with Crippen molar-refractivity contribution in [3.8, 4) is 11.3 Å². The molecule has 1 heterocycles. The minimum Gasteiger partial charge on any atom is -0.365 e. The van der Waals surface area contributed by atoms with Crippen LogP contribution in [0.5, 0.6) is 0 Å². The normalized spacial score (nSPS) is 10.3. The van der Waals surface area contributed by atoms with Gasteiger partial charge in [-0.2, -0.15) is 0 Å². The first-order chi connectivity index (χ1) is 7.20. The molecule has 2 rings (SSSR count). The van der Waals surface area contributed by atoms with Gasteiger partial charge in [-0.1, -0.05) is 0 Å². The smallest absolute Gasteiger partial charge is 0.182 e. The largest absolute Gasteiger partial charge is 0.365 e. The summed E-state index contributed by atoms with van der Waals surface area (Å²) in [6, 6.07) is 5.03. The third kappa shape index (κ3) is 1.99. The van der Waals surface area contributed by atoms with E-state index < -0.39 is 0 Å². The van der Waals surface area contributed by atoms with Crippen molar-refractivity contribution in [1.29, 1.82) is 0 Å². The number of aromatic nitrogens is 1. The zero-order chi connectivity index (χ0) is 10.8. The molecule has 0 amide bonds. The highest BCUT2D eigenvalue weighted by atomic mass is 32.1. The first-order valence-corrected chi connectivity index (χ1v) is 5.48. The highest BCUT2D eigenvalue weighted by molar-refractivity contribution is 7.14. The molecule has 0 spiro atoms. The second kappa shape index (κ2) is 3.98. The summed E-state index contributed by atoms with van der Waals surface area (Å²) >= 11 is 1.54. The first kappa shape index (κ1) is 10.1. The average molecular weight is 222 g/mol. The van der Waals surface area contributed by atoms with Gasteiger partial charge in [-0.15, -0.1) is 11.3 Å². The van der Waals surface area contributed by atoms with Gasteiger partial charge in [-0.05, 0) is 30.7 Å². The zero-order valence-corrected chi connectivity index (χ0v) is 9.36. The molecule has 2 nitrogen and oxygen atoms in total. The van der Waals surface area contributed by atoms with E-state index in [9.17, 15) is 4.39 Å². The number of hydrogen-bond acceptors (Lipinski definition) is 3. The van der Waals surface area contributed by atoms with E-state index in [1.165, 1.54) is 17.4 Å². The molecule has 0 aliphatic rings. The molecule has 1 aromatic heterocycles. The molecule has 0 bridgehead atoms. The fourth-order valence-corrected chi connectivity index (χ4v) is 2.01. The predicted molar refractivity (Wildman–Crippen MR) is 61.8 cm³/mol. The molecule has 0 aliphatic heterocycles. The van der Waals surface area contributed by atoms with Crippen LogP contribution < -0.4 is 5.32 Å². The number of aryl methyl sites for hydroxylation is 1. The van der Waals surface area contributed by atoms with Crippen LogP contribution in [0.2, 0.25) is 0 Å². The van der Waals surface area contributed by atoms with Gasteiger partial charge in [-0.25, -0.2) is 9.37 Å². The fraction of sp³-hybridized carbons (Fsp3) is 0.182. The first-order valence-electron chi connectivity index (χ1n) is 4.60. The summed E-state index contributed by atoms with van der Waals surface area (Å²) in [5, 5.41) is 5.80. The van der Waals surface area contributed by atoms with Gasteiger partial charge < -0.3 is 5.32 Å². The standard InChI is InChI=1S/C11H11FN2S/c1-7-5-8(3-4-9(7)12)10-6-15-11(13-2)14-10/h3-6H,1-2H3,(H,13,14). The molecule has 0 saturated heterocycles. The van der Waals surface area contributed by atoms with Gasteiger partial charge in [0.2, 0.25) is 0 Å². The Morgan fingerprint density at radius 2 is 2.20 bits per heavy atom. The van der Waals surface area contributed by atoms with E-state index in [1.807, 2.05) is 18.5 Å². The SMILES string of the molecule is CNc1nc(-c2ccc(F)c(C)c2)cs1. The maximum Gasteiger partial charge on any atom is 0.182 e. The van der Waals surface area contributed by atoms with Crippen LogP contribution >= 0.6 is 11.3 Å². The van der Waals surface area contributed by atoms with Crippen molar-refractivity contribution >= 4 is 16.5 Å². The van der Waals surface area contributed by atoms with E-state index in [-0.39, 0.29) is 5.82 Å². The molecule has 1 aromatic carbocycles. The van der Waals surface area contributed by atoms with E-state index >= 15 is 0 Å². The summed E-state index contributed by atoms with van der Waals surface area (Å²) < 4.78 is 13.1. The van der Waals surface area contributed by atoms with Crippen molar-refractivity contribution in [2.75, 3.05) is 12.4 Å². The molecule has 0 saturated carbocycles. The molecule has 0 aliphatic carbocycles. The van der Waals surface area contributed by atoms with Gasteiger partial charge in [0, 0.05) is 18.0 Å². The Labute approximate surface area is 91.8 Å². The monoisotopic (exact) mass is 222 g/mol. The van der Waals surface area contributed by atoms with Crippen molar-refractivity contribution in [2.24, 2.45) is 0 Å². The number of benzene rings is 1. The topological polar surface area (TPSA) is 24.9 Å². The second-order valence-electron chi connectivity index (χ2n) is 3.25. The molecule has 0 atom stereocenters. The van der Waals surface area contributed by atoms with E-state index in [4.69, 9.17) is 0 Å². The molecular formula is C11H11FN2S. The lowest BCUT2D eigenvalue weighted by molar-refractivity contribution is 0.619. The van der Waals surface area contributed by atoms with Gasteiger partial charge in [0.05, 0.1) is 5.69 Å². The van der Waals surface area contributed by atoms with Crippen LogP contribution in [-0.4, -0.2) is 12.0 Å². The van der Waals surface area contributed by atoms with Gasteiger partial charge in [0.25, 0.3) is 0 Å². The van der Waals surface area contributed by atoms with Gasteiger partial charge in [-0.3, -0.25) is 0 Å². The zero-order valence-electron chi connectivity index (χ0n) is 8.54. The van der Waals surface area contributed by atoms with E-state index in [0.29, 0.717) is 5.56 Å². The number of hydrogen-bond donors (Lipinski definition) is 1. The Morgan fingerprint density at radius 3 is 2.80 bits per heavy atom. The van der Waals surface area contributed by atoms with Crippen molar-refractivity contribution in [1.82, 2.24) is 4.98 Å². The Hall–Kier alpha value is -1.42. The van der Waals surface area contributed by atoms with Crippen molar-refractivity contribution in [3.63, 3.8) is 0 Å². The van der Waals surface area contributed by atoms with E-state index in [2.05, 4.69) is 10.3 Å². The third-order valence-corrected chi connectivity index (χ3v) is 3.03. The summed E-state index contributed by atoms with van der Waals surface area (Å²) in [6.07, 6.45) is 0. The summed E-state index contributed by atoms with van der Waals surface area (Å²) in [6.45, 7) is 1.75. The molecule has 4 heteroatoms. The van der Waals surface area contributed by atoms with E-state index in [0.717, 1.165) is 16.4 Å². The summed E-state index contributed by atoms with van der Waals surface area (Å²) in [4.78, 5) is 4.35. The molecule has 78 valence electrons. The van der Waals surface area contributed by atoms with Crippen molar-refractivity contribution < 1.29 is 4.39 Å². The quantitative estimate of drug-likeness (QED) is 0.843. The van der Waals surface area contributed by atoms with Crippen LogP contribution in [0.3, 0.4) is 0 Å². The minimum atomic E-state index is -0.178. The number of nitrogens with one attached hydrogen (secondary N) is 1. The van der Waals surface area contributed by atoms with Gasteiger partial charge in [0.15, 0.2) is 5.13 Å². The molecule has 0 radical (unpaired) electrons. The van der Waals surface area contributed by atoms with Crippen LogP contribution in [0, 0.1) is 12.7 Å². The number of nitrogens with zero attached hydrogens (tertiary/aromatic N) is 1. The lowest BCUT2D eigenvalue weighted by Gasteiger charge is -1.99. The lowest BCUT2D eigenvalue weighted by Crippen LogP contribution is -1.87. The predicted octanol–water partition coefficient (Wildman–Crippen LogP) is 3.30. The van der Waals surface area contributed by atoms with Crippen LogP contribution in [0.15, 0.2) is 23.6 Å². The third-order valence-electron chi connectivity index (χ3n) is 2.17. The Kier molecular flexibility index (Phi) is 2.68.